The molecule has 1 aromatic rings. The third-order valence-electron chi connectivity index (χ3n) is 8.85. The maximum Gasteiger partial charge on any atom is 0.311 e. The van der Waals surface area contributed by atoms with Gasteiger partial charge < -0.3 is 14.7 Å². The number of allylic oxidation sites excluding steroid dienone is 1. The number of fused-ring (bicyclic) bond motifs is 2. The summed E-state index contributed by atoms with van der Waals surface area (Å²) in [6.07, 6.45) is 4.59. The van der Waals surface area contributed by atoms with Gasteiger partial charge in [-0.05, 0) is 37.3 Å². The highest BCUT2D eigenvalue weighted by Gasteiger charge is 2.59. The normalized spacial score (nSPS) is 38.3. The summed E-state index contributed by atoms with van der Waals surface area (Å²) >= 11 is 0. The van der Waals surface area contributed by atoms with Crippen LogP contribution >= 0.6 is 0 Å². The van der Waals surface area contributed by atoms with Crippen molar-refractivity contribution < 1.29 is 14.6 Å². The second kappa shape index (κ2) is 7.93. The average molecular weight is 425 g/mol. The Morgan fingerprint density at radius 3 is 2.68 bits per heavy atom. The first-order valence-electron chi connectivity index (χ1n) is 12.0. The van der Waals surface area contributed by atoms with E-state index in [9.17, 15) is 9.90 Å². The van der Waals surface area contributed by atoms with Gasteiger partial charge in [-0.1, -0.05) is 43.7 Å². The maximum atomic E-state index is 12.9. The van der Waals surface area contributed by atoms with Crippen LogP contribution in [0.4, 0.5) is 5.69 Å². The molecule has 5 nitrogen and oxygen atoms in total. The SMILES string of the molecule is Cc1ccccc1N1CCN(C[C@@H]2C(=O)O[C@H]3CC4=CCC[C@H](C)[C@]4(C)[C@@H](O)[C@@H]32)CC1. The van der Waals surface area contributed by atoms with E-state index in [0.29, 0.717) is 12.5 Å². The topological polar surface area (TPSA) is 53.0 Å². The third-order valence-corrected chi connectivity index (χ3v) is 8.85. The van der Waals surface area contributed by atoms with Crippen molar-refractivity contribution >= 4 is 11.7 Å². The summed E-state index contributed by atoms with van der Waals surface area (Å²) < 4.78 is 5.85. The number of esters is 1. The van der Waals surface area contributed by atoms with Crippen molar-refractivity contribution in [2.75, 3.05) is 37.6 Å². The molecule has 3 fully saturated rings. The monoisotopic (exact) mass is 424 g/mol. The molecule has 6 atom stereocenters. The highest BCUT2D eigenvalue weighted by molar-refractivity contribution is 5.76. The number of piperazine rings is 1. The molecule has 5 heteroatoms. The Bertz CT molecular complexity index is 875. The lowest BCUT2D eigenvalue weighted by Gasteiger charge is -2.52. The lowest BCUT2D eigenvalue weighted by Crippen LogP contribution is -2.55. The number of anilines is 1. The number of hydrogen-bond donors (Lipinski definition) is 1. The molecule has 2 aliphatic heterocycles. The molecular formula is C26H36N2O3. The standard InChI is InChI=1S/C26H36N2O3/c1-17-7-4-5-10-21(17)28-13-11-27(12-14-28)16-20-23-22(31-25(20)30)15-19-9-6-8-18(2)26(19,3)24(23)29/h4-5,7,9-10,18,20,22-24,29H,6,8,11-16H2,1-3H3/t18-,20-,22-,23+,24-,26-/m0/s1. The zero-order valence-electron chi connectivity index (χ0n) is 19.1. The first-order chi connectivity index (χ1) is 14.9. The van der Waals surface area contributed by atoms with Gasteiger partial charge in [-0.2, -0.15) is 0 Å². The average Bonchev–Trinajstić information content (AvgIpc) is 3.06. The predicted molar refractivity (Wildman–Crippen MR) is 122 cm³/mol. The van der Waals surface area contributed by atoms with E-state index in [4.69, 9.17) is 4.74 Å². The second-order valence-corrected chi connectivity index (χ2v) is 10.4. The Morgan fingerprint density at radius 2 is 1.94 bits per heavy atom. The Kier molecular flexibility index (Phi) is 5.38. The number of hydrogen-bond acceptors (Lipinski definition) is 5. The summed E-state index contributed by atoms with van der Waals surface area (Å²) in [6.45, 7) is 11.1. The molecule has 0 radical (unpaired) electrons. The van der Waals surface area contributed by atoms with Gasteiger partial charge in [-0.15, -0.1) is 0 Å². The molecule has 0 aromatic heterocycles. The van der Waals surface area contributed by atoms with Crippen LogP contribution in [0.15, 0.2) is 35.9 Å². The molecule has 5 rings (SSSR count). The molecule has 168 valence electrons. The Morgan fingerprint density at radius 1 is 1.19 bits per heavy atom. The zero-order valence-corrected chi connectivity index (χ0v) is 19.1. The van der Waals surface area contributed by atoms with Crippen molar-refractivity contribution in [2.45, 2.75) is 52.2 Å². The molecular weight excluding hydrogens is 388 g/mol. The number of ether oxygens (including phenoxy) is 1. The molecule has 31 heavy (non-hydrogen) atoms. The van der Waals surface area contributed by atoms with Gasteiger partial charge in [0.2, 0.25) is 0 Å². The Labute approximate surface area is 186 Å². The van der Waals surface area contributed by atoms with Crippen LogP contribution in [0.25, 0.3) is 0 Å². The Balaban J connectivity index is 1.28. The highest BCUT2D eigenvalue weighted by atomic mass is 16.6. The van der Waals surface area contributed by atoms with Gasteiger partial charge in [0.15, 0.2) is 0 Å². The molecule has 0 bridgehead atoms. The quantitative estimate of drug-likeness (QED) is 0.595. The van der Waals surface area contributed by atoms with Crippen molar-refractivity contribution in [1.82, 2.24) is 4.90 Å². The first kappa shape index (κ1) is 21.0. The van der Waals surface area contributed by atoms with Gasteiger partial charge in [0.05, 0.1) is 12.0 Å². The Hall–Kier alpha value is -1.85. The van der Waals surface area contributed by atoms with Gasteiger partial charge in [0, 0.05) is 56.2 Å². The third kappa shape index (κ3) is 3.41. The molecule has 2 heterocycles. The van der Waals surface area contributed by atoms with Crippen LogP contribution in [0.2, 0.25) is 0 Å². The fraction of sp³-hybridized carbons (Fsp3) is 0.654. The summed E-state index contributed by atoms with van der Waals surface area (Å²) in [5.74, 6) is 0.00505. The van der Waals surface area contributed by atoms with Crippen LogP contribution in [0.5, 0.6) is 0 Å². The van der Waals surface area contributed by atoms with E-state index in [-0.39, 0.29) is 29.3 Å². The summed E-state index contributed by atoms with van der Waals surface area (Å²) in [5.41, 5.74) is 3.70. The fourth-order valence-electron chi connectivity index (χ4n) is 6.64. The largest absolute Gasteiger partial charge is 0.461 e. The van der Waals surface area contributed by atoms with Gasteiger partial charge in [-0.25, -0.2) is 0 Å². The van der Waals surface area contributed by atoms with Crippen molar-refractivity contribution in [1.29, 1.82) is 0 Å². The van der Waals surface area contributed by atoms with E-state index in [2.05, 4.69) is 60.9 Å². The molecule has 0 amide bonds. The number of para-hydroxylation sites is 1. The number of benzene rings is 1. The predicted octanol–water partition coefficient (Wildman–Crippen LogP) is 3.40. The van der Waals surface area contributed by atoms with E-state index in [0.717, 1.165) is 45.4 Å². The van der Waals surface area contributed by atoms with E-state index >= 15 is 0 Å². The number of aryl methyl sites for hydroxylation is 1. The van der Waals surface area contributed by atoms with Crippen molar-refractivity contribution in [3.63, 3.8) is 0 Å². The zero-order chi connectivity index (χ0) is 21.8. The number of carbonyl (C=O) groups is 1. The van der Waals surface area contributed by atoms with Crippen LogP contribution in [0.1, 0.15) is 38.7 Å². The van der Waals surface area contributed by atoms with Crippen molar-refractivity contribution in [3.8, 4) is 0 Å². The van der Waals surface area contributed by atoms with Gasteiger partial charge in [-0.3, -0.25) is 9.69 Å². The van der Waals surface area contributed by atoms with Gasteiger partial charge in [0.25, 0.3) is 0 Å². The molecule has 1 aromatic carbocycles. The molecule has 2 aliphatic carbocycles. The minimum absolute atomic E-state index is 0.0930. The van der Waals surface area contributed by atoms with E-state index in [1.54, 1.807) is 0 Å². The second-order valence-electron chi connectivity index (χ2n) is 10.4. The van der Waals surface area contributed by atoms with Crippen LogP contribution < -0.4 is 4.90 Å². The molecule has 1 saturated carbocycles. The van der Waals surface area contributed by atoms with Crippen LogP contribution in [0.3, 0.4) is 0 Å². The first-order valence-corrected chi connectivity index (χ1v) is 12.0. The van der Waals surface area contributed by atoms with E-state index < -0.39 is 6.10 Å². The lowest BCUT2D eigenvalue weighted by atomic mass is 9.55. The molecule has 0 spiro atoms. The lowest BCUT2D eigenvalue weighted by molar-refractivity contribution is -0.145. The highest BCUT2D eigenvalue weighted by Crippen LogP contribution is 2.56. The number of nitrogens with zero attached hydrogens (tertiary/aromatic N) is 2. The summed E-state index contributed by atoms with van der Waals surface area (Å²) in [5, 5.41) is 11.5. The summed E-state index contributed by atoms with van der Waals surface area (Å²) in [6, 6.07) is 8.54. The number of aliphatic hydroxyl groups excluding tert-OH is 1. The van der Waals surface area contributed by atoms with E-state index in [1.807, 2.05) is 0 Å². The van der Waals surface area contributed by atoms with Crippen LogP contribution in [-0.2, 0) is 9.53 Å². The summed E-state index contributed by atoms with van der Waals surface area (Å²) in [4.78, 5) is 17.7. The number of rotatable bonds is 3. The number of carbonyl (C=O) groups excluding carboxylic acids is 1. The minimum Gasteiger partial charge on any atom is -0.461 e. The molecule has 4 aliphatic rings. The molecule has 0 unspecified atom stereocenters. The minimum atomic E-state index is -0.516. The van der Waals surface area contributed by atoms with Gasteiger partial charge in [0.1, 0.15) is 6.10 Å². The van der Waals surface area contributed by atoms with Crippen LogP contribution in [-0.4, -0.2) is 60.9 Å². The van der Waals surface area contributed by atoms with Crippen LogP contribution in [0, 0.1) is 30.1 Å². The maximum absolute atomic E-state index is 12.9. The molecule has 1 N–H and O–H groups in total. The fourth-order valence-corrected chi connectivity index (χ4v) is 6.64. The van der Waals surface area contributed by atoms with Crippen molar-refractivity contribution in [2.24, 2.45) is 23.2 Å². The summed E-state index contributed by atoms with van der Waals surface area (Å²) in [7, 11) is 0. The number of aliphatic hydroxyl groups is 1. The molecule has 2 saturated heterocycles. The van der Waals surface area contributed by atoms with Crippen molar-refractivity contribution in [3.05, 3.63) is 41.5 Å². The van der Waals surface area contributed by atoms with E-state index in [1.165, 1.54) is 16.8 Å². The van der Waals surface area contributed by atoms with Gasteiger partial charge >= 0.3 is 5.97 Å². The smallest absolute Gasteiger partial charge is 0.311 e.